The van der Waals surface area contributed by atoms with Crippen LogP contribution in [0.3, 0.4) is 0 Å². The average molecular weight is 400 g/mol. The van der Waals surface area contributed by atoms with Crippen LogP contribution in [0.5, 0.6) is 0 Å². The van der Waals surface area contributed by atoms with Crippen molar-refractivity contribution in [1.82, 2.24) is 29.9 Å². The third-order valence-electron chi connectivity index (χ3n) is 5.07. The van der Waals surface area contributed by atoms with Crippen molar-refractivity contribution in [3.8, 4) is 5.69 Å². The van der Waals surface area contributed by atoms with Gasteiger partial charge < -0.3 is 9.88 Å². The fourth-order valence-corrected chi connectivity index (χ4v) is 3.70. The summed E-state index contributed by atoms with van der Waals surface area (Å²) in [7, 11) is 1.84. The molecule has 0 saturated carbocycles. The molecular weight excluding hydrogens is 379 g/mol. The SMILES string of the molecule is Cn1c(CCNC(=O)c2nn(-c3ccc(F)cc3)c3c2CCCC3)n[nH]c1=S. The molecule has 0 atom stereocenters. The molecule has 0 saturated heterocycles. The molecule has 0 fully saturated rings. The van der Waals surface area contributed by atoms with Gasteiger partial charge in [0.2, 0.25) is 0 Å². The number of carbonyl (C=O) groups is 1. The van der Waals surface area contributed by atoms with Gasteiger partial charge in [-0.05, 0) is 62.2 Å². The largest absolute Gasteiger partial charge is 0.350 e. The highest BCUT2D eigenvalue weighted by Crippen LogP contribution is 2.27. The second kappa shape index (κ2) is 7.67. The lowest BCUT2D eigenvalue weighted by Crippen LogP contribution is -2.28. The molecule has 2 aromatic heterocycles. The van der Waals surface area contributed by atoms with Crippen LogP contribution >= 0.6 is 12.2 Å². The Morgan fingerprint density at radius 2 is 2.04 bits per heavy atom. The Balaban J connectivity index is 1.55. The van der Waals surface area contributed by atoms with Gasteiger partial charge in [-0.25, -0.2) is 9.07 Å². The van der Waals surface area contributed by atoms with E-state index in [1.807, 2.05) is 7.05 Å². The smallest absolute Gasteiger partial charge is 0.272 e. The lowest BCUT2D eigenvalue weighted by atomic mass is 9.95. The van der Waals surface area contributed by atoms with E-state index in [9.17, 15) is 9.18 Å². The first-order valence-electron chi connectivity index (χ1n) is 9.30. The predicted molar refractivity (Wildman–Crippen MR) is 105 cm³/mol. The Morgan fingerprint density at radius 1 is 1.29 bits per heavy atom. The number of benzene rings is 1. The minimum absolute atomic E-state index is 0.198. The molecule has 2 N–H and O–H groups in total. The normalized spacial score (nSPS) is 13.4. The van der Waals surface area contributed by atoms with E-state index >= 15 is 0 Å². The number of halogens is 1. The number of amides is 1. The van der Waals surface area contributed by atoms with Crippen LogP contribution in [-0.4, -0.2) is 37.0 Å². The topological polar surface area (TPSA) is 80.5 Å². The van der Waals surface area contributed by atoms with Crippen LogP contribution in [0, 0.1) is 10.6 Å². The number of hydrogen-bond acceptors (Lipinski definition) is 4. The molecule has 1 aliphatic rings. The Morgan fingerprint density at radius 3 is 2.75 bits per heavy atom. The molecule has 0 bridgehead atoms. The van der Waals surface area contributed by atoms with Gasteiger partial charge in [-0.3, -0.25) is 9.89 Å². The van der Waals surface area contributed by atoms with Gasteiger partial charge in [0.1, 0.15) is 11.6 Å². The molecule has 0 aliphatic heterocycles. The number of H-pyrrole nitrogens is 1. The van der Waals surface area contributed by atoms with E-state index in [2.05, 4.69) is 20.6 Å². The third kappa shape index (κ3) is 3.49. The van der Waals surface area contributed by atoms with Crippen molar-refractivity contribution in [1.29, 1.82) is 0 Å². The first-order valence-corrected chi connectivity index (χ1v) is 9.70. The first kappa shape index (κ1) is 18.5. The molecule has 9 heteroatoms. The summed E-state index contributed by atoms with van der Waals surface area (Å²) in [6.45, 7) is 0.435. The second-order valence-electron chi connectivity index (χ2n) is 6.88. The van der Waals surface area contributed by atoms with E-state index < -0.39 is 0 Å². The molecule has 4 rings (SSSR count). The van der Waals surface area contributed by atoms with Crippen molar-refractivity contribution >= 4 is 18.1 Å². The highest BCUT2D eigenvalue weighted by molar-refractivity contribution is 7.71. The standard InChI is InChI=1S/C19H21FN6OS/c1-25-16(22-23-19(25)28)10-11-21-18(27)17-14-4-2-3-5-15(14)26(24-17)13-8-6-12(20)7-9-13/h6-9H,2-5,10-11H2,1H3,(H,21,27)(H,23,28). The zero-order chi connectivity index (χ0) is 19.7. The minimum atomic E-state index is -0.295. The van der Waals surface area contributed by atoms with Crippen molar-refractivity contribution in [3.05, 3.63) is 57.6 Å². The van der Waals surface area contributed by atoms with Crippen LogP contribution in [-0.2, 0) is 26.3 Å². The highest BCUT2D eigenvalue weighted by Gasteiger charge is 2.25. The Labute approximate surface area is 166 Å². The summed E-state index contributed by atoms with van der Waals surface area (Å²) in [6, 6.07) is 6.18. The number of nitrogens with one attached hydrogen (secondary N) is 2. The van der Waals surface area contributed by atoms with Crippen molar-refractivity contribution in [2.75, 3.05) is 6.54 Å². The summed E-state index contributed by atoms with van der Waals surface area (Å²) in [5.74, 6) is 0.288. The summed E-state index contributed by atoms with van der Waals surface area (Å²) in [6.07, 6.45) is 4.34. The minimum Gasteiger partial charge on any atom is -0.350 e. The first-order chi connectivity index (χ1) is 13.5. The average Bonchev–Trinajstić information content (AvgIpc) is 3.24. The van der Waals surface area contributed by atoms with E-state index in [0.717, 1.165) is 48.5 Å². The van der Waals surface area contributed by atoms with Crippen molar-refractivity contribution in [3.63, 3.8) is 0 Å². The maximum Gasteiger partial charge on any atom is 0.272 e. The quantitative estimate of drug-likeness (QED) is 0.646. The number of fused-ring (bicyclic) bond motifs is 1. The molecule has 146 valence electrons. The molecule has 1 amide bonds. The Bertz CT molecular complexity index is 1070. The number of carbonyl (C=O) groups excluding carboxylic acids is 1. The number of hydrogen-bond donors (Lipinski definition) is 2. The monoisotopic (exact) mass is 400 g/mol. The molecule has 2 heterocycles. The fourth-order valence-electron chi connectivity index (χ4n) is 3.55. The van der Waals surface area contributed by atoms with Crippen LogP contribution in [0.4, 0.5) is 4.39 Å². The van der Waals surface area contributed by atoms with Gasteiger partial charge in [0, 0.05) is 31.3 Å². The van der Waals surface area contributed by atoms with Gasteiger partial charge in [-0.15, -0.1) is 0 Å². The second-order valence-corrected chi connectivity index (χ2v) is 7.27. The van der Waals surface area contributed by atoms with Gasteiger partial charge in [0.05, 0.1) is 5.69 Å². The van der Waals surface area contributed by atoms with Gasteiger partial charge in [0.15, 0.2) is 10.5 Å². The third-order valence-corrected chi connectivity index (χ3v) is 5.44. The van der Waals surface area contributed by atoms with Gasteiger partial charge in [0.25, 0.3) is 5.91 Å². The molecule has 7 nitrogen and oxygen atoms in total. The van der Waals surface area contributed by atoms with E-state index in [0.29, 0.717) is 23.4 Å². The Kier molecular flexibility index (Phi) is 5.08. The van der Waals surface area contributed by atoms with E-state index in [1.54, 1.807) is 21.4 Å². The molecular formula is C19H21FN6OS. The lowest BCUT2D eigenvalue weighted by molar-refractivity contribution is 0.0947. The van der Waals surface area contributed by atoms with Crippen LogP contribution < -0.4 is 5.32 Å². The Hall–Kier alpha value is -2.81. The number of nitrogens with zero attached hydrogens (tertiary/aromatic N) is 4. The molecule has 3 aromatic rings. The van der Waals surface area contributed by atoms with Gasteiger partial charge in [-0.2, -0.15) is 10.2 Å². The van der Waals surface area contributed by atoms with E-state index in [1.165, 1.54) is 12.1 Å². The number of rotatable bonds is 5. The molecule has 1 aromatic carbocycles. The molecule has 28 heavy (non-hydrogen) atoms. The molecule has 0 unspecified atom stereocenters. The number of aromatic nitrogens is 5. The molecule has 0 radical (unpaired) electrons. The summed E-state index contributed by atoms with van der Waals surface area (Å²) >= 11 is 5.10. The lowest BCUT2D eigenvalue weighted by Gasteiger charge is -2.14. The van der Waals surface area contributed by atoms with Crippen LogP contribution in [0.15, 0.2) is 24.3 Å². The molecule has 1 aliphatic carbocycles. The van der Waals surface area contributed by atoms with Crippen molar-refractivity contribution < 1.29 is 9.18 Å². The van der Waals surface area contributed by atoms with E-state index in [-0.39, 0.29) is 11.7 Å². The van der Waals surface area contributed by atoms with E-state index in [4.69, 9.17) is 12.2 Å². The summed E-state index contributed by atoms with van der Waals surface area (Å²) in [5.41, 5.74) is 3.25. The maximum atomic E-state index is 13.3. The van der Waals surface area contributed by atoms with Crippen molar-refractivity contribution in [2.45, 2.75) is 32.1 Å². The van der Waals surface area contributed by atoms with Crippen LogP contribution in [0.1, 0.15) is 40.4 Å². The highest BCUT2D eigenvalue weighted by atomic mass is 32.1. The summed E-state index contributed by atoms with van der Waals surface area (Å²) in [4.78, 5) is 12.8. The van der Waals surface area contributed by atoms with Crippen LogP contribution in [0.25, 0.3) is 5.69 Å². The zero-order valence-electron chi connectivity index (χ0n) is 15.5. The summed E-state index contributed by atoms with van der Waals surface area (Å²) < 4.78 is 17.4. The predicted octanol–water partition coefficient (Wildman–Crippen LogP) is 2.65. The number of aromatic amines is 1. The van der Waals surface area contributed by atoms with Crippen molar-refractivity contribution in [2.24, 2.45) is 7.05 Å². The van der Waals surface area contributed by atoms with Crippen LogP contribution in [0.2, 0.25) is 0 Å². The van der Waals surface area contributed by atoms with Gasteiger partial charge >= 0.3 is 0 Å². The maximum absolute atomic E-state index is 13.3. The zero-order valence-corrected chi connectivity index (χ0v) is 16.4. The molecule has 0 spiro atoms. The van der Waals surface area contributed by atoms with Gasteiger partial charge in [-0.1, -0.05) is 0 Å². The summed E-state index contributed by atoms with van der Waals surface area (Å²) in [5, 5.41) is 14.4. The fraction of sp³-hybridized carbons (Fsp3) is 0.368.